The van der Waals surface area contributed by atoms with E-state index >= 15 is 0 Å². The van der Waals surface area contributed by atoms with Crippen LogP contribution in [0.5, 0.6) is 0 Å². The zero-order valence-electron chi connectivity index (χ0n) is 19.4. The van der Waals surface area contributed by atoms with Crippen molar-refractivity contribution in [3.63, 3.8) is 0 Å². The second-order valence-corrected chi connectivity index (χ2v) is 11.7. The molecule has 1 atom stereocenters. The van der Waals surface area contributed by atoms with Crippen LogP contribution in [-0.2, 0) is 14.6 Å². The fourth-order valence-corrected chi connectivity index (χ4v) is 6.02. The van der Waals surface area contributed by atoms with Crippen LogP contribution in [0.25, 0.3) is 0 Å². The highest BCUT2D eigenvalue weighted by molar-refractivity contribution is 7.92. The van der Waals surface area contributed by atoms with Gasteiger partial charge >= 0.3 is 0 Å². The van der Waals surface area contributed by atoms with Crippen LogP contribution in [0.3, 0.4) is 0 Å². The number of nitrogens with one attached hydrogen (secondary N) is 1. The van der Waals surface area contributed by atoms with E-state index in [0.717, 1.165) is 16.9 Å². The van der Waals surface area contributed by atoms with Crippen molar-refractivity contribution in [2.24, 2.45) is 0 Å². The molecule has 1 aliphatic rings. The third kappa shape index (κ3) is 5.61. The molecule has 0 aliphatic carbocycles. The smallest absolute Gasteiger partial charge is 0.262 e. The van der Waals surface area contributed by atoms with Gasteiger partial charge in [0.2, 0.25) is 15.2 Å². The number of carbonyl (C=O) groups is 3. The topological polar surface area (TPSA) is 104 Å². The Morgan fingerprint density at radius 2 is 1.53 bits per heavy atom. The summed E-state index contributed by atoms with van der Waals surface area (Å²) in [4.78, 5) is 42.2. The first-order valence-electron chi connectivity index (χ1n) is 11.2. The van der Waals surface area contributed by atoms with Gasteiger partial charge in [0.15, 0.2) is 0 Å². The standard InChI is InChI=1S/C25H24ClN3O5S2/c1-17-4-6-18(7-5-17)24(31)28-12-14-29(15-13-28)25(32)23(27-22(30)21-3-2-16-35-21)36(33,34)20-10-8-19(26)9-11-20/h2-11,16,23H,12-15H2,1H3,(H,27,30)/t23-/m1/s1. The molecule has 2 heterocycles. The number of nitrogens with zero attached hydrogens (tertiary/aromatic N) is 2. The quantitative estimate of drug-likeness (QED) is 0.512. The molecule has 0 spiro atoms. The monoisotopic (exact) mass is 545 g/mol. The summed E-state index contributed by atoms with van der Waals surface area (Å²) in [7, 11) is -4.29. The van der Waals surface area contributed by atoms with Crippen molar-refractivity contribution in [3.05, 3.63) is 87.1 Å². The first kappa shape index (κ1) is 25.9. The molecule has 0 bridgehead atoms. The molecular formula is C25H24ClN3O5S2. The highest BCUT2D eigenvalue weighted by Gasteiger charge is 2.39. The lowest BCUT2D eigenvalue weighted by Crippen LogP contribution is -2.57. The number of benzene rings is 2. The van der Waals surface area contributed by atoms with Gasteiger partial charge in [-0.05, 0) is 54.8 Å². The third-order valence-corrected chi connectivity index (χ3v) is 8.85. The summed E-state index contributed by atoms with van der Waals surface area (Å²) in [5.74, 6) is -1.57. The summed E-state index contributed by atoms with van der Waals surface area (Å²) < 4.78 is 26.9. The van der Waals surface area contributed by atoms with Gasteiger partial charge in [0.1, 0.15) is 0 Å². The van der Waals surface area contributed by atoms with E-state index in [-0.39, 0.29) is 41.9 Å². The molecule has 3 amide bonds. The minimum atomic E-state index is -4.29. The van der Waals surface area contributed by atoms with E-state index in [2.05, 4.69) is 5.32 Å². The maximum absolute atomic E-state index is 13.5. The molecule has 1 N–H and O–H groups in total. The van der Waals surface area contributed by atoms with Gasteiger partial charge in [-0.15, -0.1) is 11.3 Å². The number of thiophene rings is 1. The van der Waals surface area contributed by atoms with E-state index in [4.69, 9.17) is 11.6 Å². The molecule has 2 aromatic carbocycles. The first-order valence-corrected chi connectivity index (χ1v) is 14.0. The molecule has 1 aromatic heterocycles. The Kier molecular flexibility index (Phi) is 7.77. The Morgan fingerprint density at radius 1 is 0.917 bits per heavy atom. The van der Waals surface area contributed by atoms with Crippen molar-refractivity contribution in [3.8, 4) is 0 Å². The third-order valence-electron chi connectivity index (χ3n) is 5.86. The van der Waals surface area contributed by atoms with Crippen LogP contribution in [0.1, 0.15) is 25.6 Å². The van der Waals surface area contributed by atoms with Crippen LogP contribution in [0, 0.1) is 6.92 Å². The summed E-state index contributed by atoms with van der Waals surface area (Å²) in [6, 6.07) is 15.8. The molecule has 4 rings (SSSR count). The summed E-state index contributed by atoms with van der Waals surface area (Å²) >= 11 is 7.04. The van der Waals surface area contributed by atoms with Crippen molar-refractivity contribution in [1.29, 1.82) is 0 Å². The molecule has 188 valence electrons. The average Bonchev–Trinajstić information content (AvgIpc) is 3.42. The SMILES string of the molecule is Cc1ccc(C(=O)N2CCN(C(=O)[C@H](NC(=O)c3cccs3)S(=O)(=O)c3ccc(Cl)cc3)CC2)cc1. The van der Waals surface area contributed by atoms with Gasteiger partial charge < -0.3 is 15.1 Å². The number of amides is 3. The summed E-state index contributed by atoms with van der Waals surface area (Å²) in [5, 5.41) is 2.61. The zero-order valence-corrected chi connectivity index (χ0v) is 21.8. The number of hydrogen-bond donors (Lipinski definition) is 1. The Balaban J connectivity index is 1.53. The lowest BCUT2D eigenvalue weighted by molar-refractivity contribution is -0.132. The van der Waals surface area contributed by atoms with Crippen LogP contribution in [0.4, 0.5) is 0 Å². The molecule has 36 heavy (non-hydrogen) atoms. The van der Waals surface area contributed by atoms with Gasteiger partial charge in [-0.1, -0.05) is 35.4 Å². The van der Waals surface area contributed by atoms with E-state index in [1.165, 1.54) is 29.2 Å². The minimum Gasteiger partial charge on any atom is -0.336 e. The Hall–Kier alpha value is -3.21. The molecule has 0 radical (unpaired) electrons. The van der Waals surface area contributed by atoms with Crippen LogP contribution < -0.4 is 5.32 Å². The molecule has 8 nitrogen and oxygen atoms in total. The fraction of sp³-hybridized carbons (Fsp3) is 0.240. The van der Waals surface area contributed by atoms with Crippen molar-refractivity contribution < 1.29 is 22.8 Å². The summed E-state index contributed by atoms with van der Waals surface area (Å²) in [6.07, 6.45) is 0. The predicted molar refractivity (Wildman–Crippen MR) is 138 cm³/mol. The van der Waals surface area contributed by atoms with E-state index in [1.54, 1.807) is 34.5 Å². The first-order chi connectivity index (χ1) is 17.2. The fourth-order valence-electron chi connectivity index (χ4n) is 3.80. The number of halogens is 1. The maximum atomic E-state index is 13.5. The molecular weight excluding hydrogens is 522 g/mol. The number of aryl methyl sites for hydroxylation is 1. The normalized spacial score (nSPS) is 14.8. The number of piperazine rings is 1. The highest BCUT2D eigenvalue weighted by Crippen LogP contribution is 2.21. The highest BCUT2D eigenvalue weighted by atomic mass is 35.5. The predicted octanol–water partition coefficient (Wildman–Crippen LogP) is 3.22. The van der Waals surface area contributed by atoms with Crippen molar-refractivity contribution in [1.82, 2.24) is 15.1 Å². The van der Waals surface area contributed by atoms with Crippen molar-refractivity contribution in [2.75, 3.05) is 26.2 Å². The van der Waals surface area contributed by atoms with Gasteiger partial charge in [-0.3, -0.25) is 14.4 Å². The molecule has 11 heteroatoms. The number of sulfone groups is 1. The lowest BCUT2D eigenvalue weighted by Gasteiger charge is -2.36. The van der Waals surface area contributed by atoms with E-state index in [0.29, 0.717) is 10.6 Å². The average molecular weight is 546 g/mol. The molecule has 1 saturated heterocycles. The van der Waals surface area contributed by atoms with E-state index in [9.17, 15) is 22.8 Å². The van der Waals surface area contributed by atoms with Crippen LogP contribution in [-0.4, -0.2) is 67.5 Å². The van der Waals surface area contributed by atoms with Crippen LogP contribution >= 0.6 is 22.9 Å². The Bertz CT molecular complexity index is 1350. The van der Waals surface area contributed by atoms with Gasteiger partial charge in [-0.25, -0.2) is 8.42 Å². The number of hydrogen-bond acceptors (Lipinski definition) is 6. The molecule has 0 saturated carbocycles. The lowest BCUT2D eigenvalue weighted by atomic mass is 10.1. The number of carbonyl (C=O) groups excluding carboxylic acids is 3. The van der Waals surface area contributed by atoms with E-state index in [1.807, 2.05) is 19.1 Å². The number of rotatable bonds is 6. The molecule has 3 aromatic rings. The molecule has 1 aliphatic heterocycles. The van der Waals surface area contributed by atoms with Crippen molar-refractivity contribution in [2.45, 2.75) is 17.2 Å². The van der Waals surface area contributed by atoms with Gasteiger partial charge in [-0.2, -0.15) is 0 Å². The van der Waals surface area contributed by atoms with Gasteiger partial charge in [0.25, 0.3) is 17.7 Å². The van der Waals surface area contributed by atoms with Crippen LogP contribution in [0.15, 0.2) is 70.9 Å². The maximum Gasteiger partial charge on any atom is 0.262 e. The van der Waals surface area contributed by atoms with Gasteiger partial charge in [0, 0.05) is 36.8 Å². The Morgan fingerprint density at radius 3 is 2.11 bits per heavy atom. The van der Waals surface area contributed by atoms with E-state index < -0.39 is 27.0 Å². The Labute approximate surface area is 218 Å². The second kappa shape index (κ2) is 10.8. The van der Waals surface area contributed by atoms with Crippen molar-refractivity contribution >= 4 is 50.5 Å². The molecule has 0 unspecified atom stereocenters. The summed E-state index contributed by atoms with van der Waals surface area (Å²) in [6.45, 7) is 2.69. The second-order valence-electron chi connectivity index (χ2n) is 8.31. The van der Waals surface area contributed by atoms with Gasteiger partial charge in [0.05, 0.1) is 9.77 Å². The zero-order chi connectivity index (χ0) is 25.9. The van der Waals surface area contributed by atoms with Crippen LogP contribution in [0.2, 0.25) is 5.02 Å². The largest absolute Gasteiger partial charge is 0.336 e. The molecule has 1 fully saturated rings. The summed E-state index contributed by atoms with van der Waals surface area (Å²) in [5.41, 5.74) is 1.59. The minimum absolute atomic E-state index is 0.134.